The molecule has 0 aliphatic heterocycles. The van der Waals surface area contributed by atoms with Gasteiger partial charge in [-0.05, 0) is 68.9 Å². The fourth-order valence-electron chi connectivity index (χ4n) is 3.56. The third-order valence-electron chi connectivity index (χ3n) is 5.68. The van der Waals surface area contributed by atoms with E-state index < -0.39 is 0 Å². The van der Waals surface area contributed by atoms with Gasteiger partial charge >= 0.3 is 0 Å². The van der Waals surface area contributed by atoms with Gasteiger partial charge in [0.05, 0.1) is 12.3 Å². The Balaban J connectivity index is 3.06. The summed E-state index contributed by atoms with van der Waals surface area (Å²) in [7, 11) is 0. The molecule has 1 rings (SSSR count). The number of halogens is 1. The van der Waals surface area contributed by atoms with Gasteiger partial charge in [-0.25, -0.2) is 0 Å². The largest absolute Gasteiger partial charge is 0.507 e. The van der Waals surface area contributed by atoms with Gasteiger partial charge < -0.3 is 10.4 Å². The van der Waals surface area contributed by atoms with Crippen molar-refractivity contribution < 1.29 is 5.11 Å². The summed E-state index contributed by atoms with van der Waals surface area (Å²) in [5.74, 6) is 0.962. The van der Waals surface area contributed by atoms with Crippen LogP contribution in [0.4, 0.5) is 0 Å². The van der Waals surface area contributed by atoms with Crippen molar-refractivity contribution in [2.75, 3.05) is 6.54 Å². The van der Waals surface area contributed by atoms with E-state index in [2.05, 4.69) is 80.2 Å². The number of allylic oxidation sites excluding steroid dienone is 5. The van der Waals surface area contributed by atoms with E-state index in [4.69, 9.17) is 4.99 Å². The first-order valence-electron chi connectivity index (χ1n) is 12.1. The van der Waals surface area contributed by atoms with Crippen LogP contribution < -0.4 is 5.32 Å². The number of unbranched alkanes of at least 4 members (excludes halogenated alkanes) is 1. The summed E-state index contributed by atoms with van der Waals surface area (Å²) in [6.07, 6.45) is 15.5. The van der Waals surface area contributed by atoms with Crippen molar-refractivity contribution in [2.24, 2.45) is 10.9 Å². The van der Waals surface area contributed by atoms with E-state index in [1.165, 1.54) is 37.8 Å². The molecule has 1 aromatic rings. The number of aromatic hydroxyl groups is 1. The Bertz CT molecular complexity index is 808. The molecule has 0 saturated heterocycles. The molecule has 0 amide bonds. The second kappa shape index (κ2) is 15.9. The van der Waals surface area contributed by atoms with Crippen molar-refractivity contribution >= 4 is 21.6 Å². The average molecular weight is 504 g/mol. The van der Waals surface area contributed by atoms with E-state index in [0.29, 0.717) is 12.6 Å². The lowest BCUT2D eigenvalue weighted by Gasteiger charge is -2.23. The first-order chi connectivity index (χ1) is 15.3. The van der Waals surface area contributed by atoms with Gasteiger partial charge in [0.1, 0.15) is 5.75 Å². The Kier molecular flexibility index (Phi) is 14.0. The minimum absolute atomic E-state index is 0.234. The number of nitrogens with one attached hydrogen (secondary N) is 1. The molecule has 0 radical (unpaired) electrons. The predicted molar refractivity (Wildman–Crippen MR) is 145 cm³/mol. The van der Waals surface area contributed by atoms with Crippen LogP contribution in [-0.4, -0.2) is 23.4 Å². The standard InChI is InChI=1S/C28H43BrN2O/c1-7-10-12-13-22(5)28(26-16-15-24(29)20-27(26)32)30-18-17-23(6)31-25(14-11-8-2)19-21(4)9-3/h10,12-13,15-17,20-21,25,31-32H,7-9,11,14,18-19H2,1-6H3/b12-10-,22-13+,23-17+,30-28?. The van der Waals surface area contributed by atoms with Crippen LogP contribution in [-0.2, 0) is 0 Å². The van der Waals surface area contributed by atoms with Gasteiger partial charge in [0.15, 0.2) is 0 Å². The van der Waals surface area contributed by atoms with Gasteiger partial charge in [-0.1, -0.05) is 81.1 Å². The Hall–Kier alpha value is -1.81. The third kappa shape index (κ3) is 10.7. The number of hydrogen-bond acceptors (Lipinski definition) is 3. The minimum Gasteiger partial charge on any atom is -0.507 e. The molecule has 3 nitrogen and oxygen atoms in total. The zero-order valence-corrected chi connectivity index (χ0v) is 22.5. The number of aliphatic imine (C=N–C) groups is 1. The monoisotopic (exact) mass is 502 g/mol. The van der Waals surface area contributed by atoms with Crippen LogP contribution in [0.1, 0.15) is 85.6 Å². The van der Waals surface area contributed by atoms with Crippen molar-refractivity contribution in [2.45, 2.75) is 86.1 Å². The summed E-state index contributed by atoms with van der Waals surface area (Å²) < 4.78 is 0.852. The highest BCUT2D eigenvalue weighted by Crippen LogP contribution is 2.25. The fraction of sp³-hybridized carbons (Fsp3) is 0.536. The molecule has 4 heteroatoms. The maximum absolute atomic E-state index is 10.5. The van der Waals surface area contributed by atoms with Gasteiger partial charge in [-0.3, -0.25) is 4.99 Å². The van der Waals surface area contributed by atoms with Crippen LogP contribution in [0.5, 0.6) is 5.75 Å². The zero-order chi connectivity index (χ0) is 23.9. The van der Waals surface area contributed by atoms with E-state index in [9.17, 15) is 5.11 Å². The van der Waals surface area contributed by atoms with Gasteiger partial charge in [0.25, 0.3) is 0 Å². The lowest BCUT2D eigenvalue weighted by molar-refractivity contribution is 0.389. The van der Waals surface area contributed by atoms with E-state index in [1.54, 1.807) is 6.07 Å². The highest BCUT2D eigenvalue weighted by atomic mass is 79.9. The van der Waals surface area contributed by atoms with Crippen LogP contribution in [0.3, 0.4) is 0 Å². The molecule has 0 spiro atoms. The van der Waals surface area contributed by atoms with Crippen LogP contribution >= 0.6 is 15.9 Å². The highest BCUT2D eigenvalue weighted by Gasteiger charge is 2.13. The number of rotatable bonds is 14. The highest BCUT2D eigenvalue weighted by molar-refractivity contribution is 9.10. The third-order valence-corrected chi connectivity index (χ3v) is 6.17. The lowest BCUT2D eigenvalue weighted by atomic mass is 9.95. The van der Waals surface area contributed by atoms with Crippen molar-refractivity contribution in [3.8, 4) is 5.75 Å². The molecule has 0 aromatic heterocycles. The minimum atomic E-state index is 0.234. The molecule has 0 heterocycles. The molecule has 1 aromatic carbocycles. The summed E-state index contributed by atoms with van der Waals surface area (Å²) in [5.41, 5.74) is 3.78. The van der Waals surface area contributed by atoms with Crippen LogP contribution in [0, 0.1) is 5.92 Å². The molecule has 2 atom stereocenters. The Morgan fingerprint density at radius 2 is 1.97 bits per heavy atom. The van der Waals surface area contributed by atoms with E-state index in [0.717, 1.165) is 33.7 Å². The van der Waals surface area contributed by atoms with Crippen molar-refractivity contribution in [3.63, 3.8) is 0 Å². The topological polar surface area (TPSA) is 44.6 Å². The molecule has 0 aliphatic rings. The molecule has 0 fully saturated rings. The average Bonchev–Trinajstić information content (AvgIpc) is 2.75. The van der Waals surface area contributed by atoms with Crippen LogP contribution in [0.15, 0.2) is 63.2 Å². The number of benzene rings is 1. The zero-order valence-electron chi connectivity index (χ0n) is 20.9. The second-order valence-electron chi connectivity index (χ2n) is 8.66. The maximum Gasteiger partial charge on any atom is 0.126 e. The maximum atomic E-state index is 10.5. The number of nitrogens with zero attached hydrogens (tertiary/aromatic N) is 1. The van der Waals surface area contributed by atoms with Gasteiger partial charge in [-0.2, -0.15) is 0 Å². The number of phenolic OH excluding ortho intramolecular Hbond substituents is 1. The lowest BCUT2D eigenvalue weighted by Crippen LogP contribution is -2.29. The van der Waals surface area contributed by atoms with Crippen molar-refractivity contribution in [1.29, 1.82) is 0 Å². The van der Waals surface area contributed by atoms with Gasteiger partial charge in [0, 0.05) is 21.8 Å². The summed E-state index contributed by atoms with van der Waals surface area (Å²) in [6.45, 7) is 13.7. The first-order valence-corrected chi connectivity index (χ1v) is 12.9. The molecule has 2 unspecified atom stereocenters. The molecule has 178 valence electrons. The van der Waals surface area contributed by atoms with Gasteiger partial charge in [0.2, 0.25) is 0 Å². The van der Waals surface area contributed by atoms with Crippen molar-refractivity contribution in [3.05, 3.63) is 63.8 Å². The van der Waals surface area contributed by atoms with E-state index in [1.807, 2.05) is 19.1 Å². The Labute approximate surface area is 204 Å². The predicted octanol–water partition coefficient (Wildman–Crippen LogP) is 8.34. The Morgan fingerprint density at radius 3 is 2.59 bits per heavy atom. The Morgan fingerprint density at radius 1 is 1.22 bits per heavy atom. The number of phenols is 1. The first kappa shape index (κ1) is 28.2. The van der Waals surface area contributed by atoms with E-state index >= 15 is 0 Å². The smallest absolute Gasteiger partial charge is 0.126 e. The van der Waals surface area contributed by atoms with Crippen LogP contribution in [0.25, 0.3) is 0 Å². The van der Waals surface area contributed by atoms with Crippen molar-refractivity contribution in [1.82, 2.24) is 5.32 Å². The quantitative estimate of drug-likeness (QED) is 0.198. The second-order valence-corrected chi connectivity index (χ2v) is 9.57. The SMILES string of the molecule is CC/C=C\C=C(/C)C(=NC/C=C(\C)NC(CCCC)CC(C)CC)c1ccc(Br)cc1O. The normalized spacial score (nSPS) is 15.3. The fourth-order valence-corrected chi connectivity index (χ4v) is 3.91. The molecule has 2 N–H and O–H groups in total. The van der Waals surface area contributed by atoms with Gasteiger partial charge in [-0.15, -0.1) is 0 Å². The molecular weight excluding hydrogens is 460 g/mol. The number of hydrogen-bond donors (Lipinski definition) is 2. The van der Waals surface area contributed by atoms with E-state index in [-0.39, 0.29) is 5.75 Å². The summed E-state index contributed by atoms with van der Waals surface area (Å²) >= 11 is 3.42. The molecular formula is C28H43BrN2O. The summed E-state index contributed by atoms with van der Waals surface area (Å²) in [6, 6.07) is 6.09. The molecule has 0 saturated carbocycles. The van der Waals surface area contributed by atoms with Crippen LogP contribution in [0.2, 0.25) is 0 Å². The molecule has 0 bridgehead atoms. The molecule has 0 aliphatic carbocycles. The summed E-state index contributed by atoms with van der Waals surface area (Å²) in [5, 5.41) is 14.2. The molecule has 32 heavy (non-hydrogen) atoms. The summed E-state index contributed by atoms with van der Waals surface area (Å²) in [4.78, 5) is 4.87.